The third-order valence-corrected chi connectivity index (χ3v) is 5.09. The van der Waals surface area contributed by atoms with E-state index in [1.54, 1.807) is 0 Å². The van der Waals surface area contributed by atoms with Crippen molar-refractivity contribution >= 4 is 17.7 Å². The van der Waals surface area contributed by atoms with Crippen molar-refractivity contribution in [2.24, 2.45) is 11.1 Å². The summed E-state index contributed by atoms with van der Waals surface area (Å²) in [5.74, 6) is 1.93. The lowest BCUT2D eigenvalue weighted by Gasteiger charge is -2.41. The van der Waals surface area contributed by atoms with Crippen LogP contribution >= 0.6 is 11.8 Å². The zero-order valence-electron chi connectivity index (χ0n) is 11.8. The molecule has 3 heterocycles. The number of hydrogen-bond donors (Lipinski definition) is 1. The molecule has 0 aromatic carbocycles. The van der Waals surface area contributed by atoms with Crippen molar-refractivity contribution in [2.75, 3.05) is 25.1 Å². The Kier molecular flexibility index (Phi) is 4.20. The van der Waals surface area contributed by atoms with Gasteiger partial charge in [-0.3, -0.25) is 14.4 Å². The molecule has 0 unspecified atom stereocenters. The van der Waals surface area contributed by atoms with Crippen LogP contribution in [0.25, 0.3) is 0 Å². The highest BCUT2D eigenvalue weighted by molar-refractivity contribution is 8.00. The maximum atomic E-state index is 11.2. The standard InChI is InChI=1S/C11H16N4OS.C2H6/c1-14-3-8-2-9(10(12)16)13-15(8)5-11(4-14)6-17-7-11;1-2/h2H,3-7H2,1H3,(H2,12,16);1-2H3. The molecule has 0 radical (unpaired) electrons. The molecule has 106 valence electrons. The number of fused-ring (bicyclic) bond motifs is 1. The minimum absolute atomic E-state index is 0.339. The molecule has 1 fully saturated rings. The molecule has 2 N–H and O–H groups in total. The van der Waals surface area contributed by atoms with Crippen molar-refractivity contribution in [1.82, 2.24) is 14.7 Å². The monoisotopic (exact) mass is 282 g/mol. The molecular weight excluding hydrogens is 260 g/mol. The summed E-state index contributed by atoms with van der Waals surface area (Å²) in [6.45, 7) is 6.86. The molecule has 0 aliphatic carbocycles. The maximum absolute atomic E-state index is 11.2. The number of nitrogens with two attached hydrogens (primary N) is 1. The molecule has 0 atom stereocenters. The lowest BCUT2D eigenvalue weighted by molar-refractivity contribution is 0.0993. The van der Waals surface area contributed by atoms with Gasteiger partial charge in [-0.05, 0) is 13.1 Å². The van der Waals surface area contributed by atoms with Crippen LogP contribution in [0.5, 0.6) is 0 Å². The van der Waals surface area contributed by atoms with E-state index in [1.807, 2.05) is 36.4 Å². The first-order valence-electron chi connectivity index (χ1n) is 6.71. The van der Waals surface area contributed by atoms with Crippen LogP contribution < -0.4 is 5.73 Å². The molecule has 1 spiro atoms. The van der Waals surface area contributed by atoms with Crippen molar-refractivity contribution < 1.29 is 4.79 Å². The smallest absolute Gasteiger partial charge is 0.269 e. The van der Waals surface area contributed by atoms with E-state index in [1.165, 1.54) is 11.5 Å². The number of carbonyl (C=O) groups is 1. The molecule has 6 heteroatoms. The van der Waals surface area contributed by atoms with Gasteiger partial charge in [0, 0.05) is 36.6 Å². The minimum atomic E-state index is -0.440. The van der Waals surface area contributed by atoms with Gasteiger partial charge >= 0.3 is 0 Å². The maximum Gasteiger partial charge on any atom is 0.269 e. The summed E-state index contributed by atoms with van der Waals surface area (Å²) in [5.41, 5.74) is 7.10. The van der Waals surface area contributed by atoms with Crippen LogP contribution in [0.1, 0.15) is 30.0 Å². The summed E-state index contributed by atoms with van der Waals surface area (Å²) in [6, 6.07) is 1.82. The Labute approximate surface area is 118 Å². The fraction of sp³-hybridized carbons (Fsp3) is 0.692. The zero-order chi connectivity index (χ0) is 14.0. The number of primary amides is 1. The van der Waals surface area contributed by atoms with Crippen LogP contribution in [0, 0.1) is 5.41 Å². The van der Waals surface area contributed by atoms with Gasteiger partial charge < -0.3 is 5.73 Å². The van der Waals surface area contributed by atoms with Crippen LogP contribution in [0.15, 0.2) is 6.07 Å². The highest BCUT2D eigenvalue weighted by Gasteiger charge is 2.41. The van der Waals surface area contributed by atoms with Crippen molar-refractivity contribution in [2.45, 2.75) is 26.9 Å². The van der Waals surface area contributed by atoms with E-state index in [4.69, 9.17) is 5.73 Å². The second-order valence-corrected chi connectivity index (χ2v) is 6.19. The average Bonchev–Trinajstić information content (AvgIpc) is 2.66. The number of rotatable bonds is 1. The summed E-state index contributed by atoms with van der Waals surface area (Å²) < 4.78 is 1.98. The molecule has 2 aliphatic rings. The Balaban J connectivity index is 0.000000637. The topological polar surface area (TPSA) is 64.2 Å². The van der Waals surface area contributed by atoms with Gasteiger partial charge in [-0.2, -0.15) is 16.9 Å². The van der Waals surface area contributed by atoms with Crippen molar-refractivity contribution in [3.05, 3.63) is 17.5 Å². The Morgan fingerprint density at radius 3 is 2.63 bits per heavy atom. The molecule has 0 bridgehead atoms. The first kappa shape index (κ1) is 14.4. The number of thioether (sulfide) groups is 1. The fourth-order valence-corrected chi connectivity index (χ4v) is 3.83. The summed E-state index contributed by atoms with van der Waals surface area (Å²) in [5, 5.41) is 4.33. The predicted molar refractivity (Wildman–Crippen MR) is 78.2 cm³/mol. The molecule has 1 aromatic rings. The molecular formula is C13H22N4OS. The number of carbonyl (C=O) groups excluding carboxylic acids is 1. The second kappa shape index (κ2) is 5.54. The van der Waals surface area contributed by atoms with Gasteiger partial charge in [-0.1, -0.05) is 13.8 Å². The van der Waals surface area contributed by atoms with E-state index < -0.39 is 5.91 Å². The Hall–Kier alpha value is -1.01. The van der Waals surface area contributed by atoms with Gasteiger partial charge in [0.05, 0.1) is 5.69 Å². The zero-order valence-corrected chi connectivity index (χ0v) is 12.7. The summed E-state index contributed by atoms with van der Waals surface area (Å²) in [6.07, 6.45) is 0. The number of amides is 1. The van der Waals surface area contributed by atoms with Crippen molar-refractivity contribution in [3.63, 3.8) is 0 Å². The van der Waals surface area contributed by atoms with Crippen LogP contribution in [0.2, 0.25) is 0 Å². The summed E-state index contributed by atoms with van der Waals surface area (Å²) in [4.78, 5) is 13.5. The highest BCUT2D eigenvalue weighted by atomic mass is 32.2. The highest BCUT2D eigenvalue weighted by Crippen LogP contribution is 2.41. The van der Waals surface area contributed by atoms with Crippen LogP contribution in [0.4, 0.5) is 0 Å². The van der Waals surface area contributed by atoms with Crippen LogP contribution in [-0.2, 0) is 13.1 Å². The van der Waals surface area contributed by atoms with Crippen LogP contribution in [-0.4, -0.2) is 45.7 Å². The quantitative estimate of drug-likeness (QED) is 0.840. The Morgan fingerprint density at radius 2 is 2.11 bits per heavy atom. The van der Waals surface area contributed by atoms with E-state index in [0.717, 1.165) is 25.3 Å². The van der Waals surface area contributed by atoms with Gasteiger partial charge in [-0.15, -0.1) is 0 Å². The lowest BCUT2D eigenvalue weighted by Crippen LogP contribution is -2.46. The van der Waals surface area contributed by atoms with Crippen LogP contribution in [0.3, 0.4) is 0 Å². The number of nitrogens with zero attached hydrogens (tertiary/aromatic N) is 3. The van der Waals surface area contributed by atoms with Gasteiger partial charge in [-0.25, -0.2) is 0 Å². The lowest BCUT2D eigenvalue weighted by atomic mass is 9.91. The normalized spacial score (nSPS) is 20.8. The largest absolute Gasteiger partial charge is 0.364 e. The fourth-order valence-electron chi connectivity index (χ4n) is 2.69. The van der Waals surface area contributed by atoms with Gasteiger partial charge in [0.2, 0.25) is 0 Å². The van der Waals surface area contributed by atoms with E-state index >= 15 is 0 Å². The number of hydrogen-bond acceptors (Lipinski definition) is 4. The predicted octanol–water partition coefficient (Wildman–Crippen LogP) is 1.19. The molecule has 3 rings (SSSR count). The van der Waals surface area contributed by atoms with Gasteiger partial charge in [0.25, 0.3) is 5.91 Å². The molecule has 1 saturated heterocycles. The first-order chi connectivity index (χ1) is 9.08. The van der Waals surface area contributed by atoms with Crippen molar-refractivity contribution in [1.29, 1.82) is 0 Å². The van der Waals surface area contributed by atoms with E-state index in [2.05, 4.69) is 17.0 Å². The Bertz CT molecular complexity index is 467. The van der Waals surface area contributed by atoms with Gasteiger partial charge in [0.1, 0.15) is 5.69 Å². The summed E-state index contributed by atoms with van der Waals surface area (Å²) in [7, 11) is 2.12. The minimum Gasteiger partial charge on any atom is -0.364 e. The SMILES string of the molecule is CC.CN1Cc2cc(C(N)=O)nn2CC2(CSC2)C1. The molecule has 2 aliphatic heterocycles. The van der Waals surface area contributed by atoms with E-state index in [9.17, 15) is 4.79 Å². The average molecular weight is 282 g/mol. The molecule has 19 heavy (non-hydrogen) atoms. The van der Waals surface area contributed by atoms with E-state index in [-0.39, 0.29) is 0 Å². The van der Waals surface area contributed by atoms with E-state index in [0.29, 0.717) is 11.1 Å². The molecule has 1 aromatic heterocycles. The van der Waals surface area contributed by atoms with Crippen molar-refractivity contribution in [3.8, 4) is 0 Å². The third kappa shape index (κ3) is 2.79. The summed E-state index contributed by atoms with van der Waals surface area (Å²) >= 11 is 1.98. The third-order valence-electron chi connectivity index (χ3n) is 3.45. The number of aromatic nitrogens is 2. The molecule has 1 amide bonds. The molecule has 5 nitrogen and oxygen atoms in total. The Morgan fingerprint density at radius 1 is 1.42 bits per heavy atom. The first-order valence-corrected chi connectivity index (χ1v) is 7.86. The second-order valence-electron chi connectivity index (χ2n) is 5.21. The molecule has 0 saturated carbocycles. The van der Waals surface area contributed by atoms with Gasteiger partial charge in [0.15, 0.2) is 0 Å².